The van der Waals surface area contributed by atoms with Gasteiger partial charge in [-0.05, 0) is 32.1 Å². The lowest BCUT2D eigenvalue weighted by Crippen LogP contribution is -2.45. The van der Waals surface area contributed by atoms with Crippen LogP contribution in [0.3, 0.4) is 0 Å². The summed E-state index contributed by atoms with van der Waals surface area (Å²) in [7, 11) is 0. The summed E-state index contributed by atoms with van der Waals surface area (Å²) in [6, 6.07) is -0.761. The van der Waals surface area contributed by atoms with Crippen molar-refractivity contribution in [3.63, 3.8) is 0 Å². The molecule has 0 spiro atoms. The van der Waals surface area contributed by atoms with Crippen molar-refractivity contribution in [1.82, 2.24) is 0 Å². The minimum Gasteiger partial charge on any atom is -0.395 e. The van der Waals surface area contributed by atoms with Crippen LogP contribution in [0.1, 0.15) is 77.6 Å². The Kier molecular flexibility index (Phi) is 15.2. The summed E-state index contributed by atoms with van der Waals surface area (Å²) in [6.45, 7) is 1.93. The fourth-order valence-corrected chi connectivity index (χ4v) is 2.46. The number of hydrogen-bond donors (Lipinski definition) is 4. The molecule has 0 fully saturated rings. The Morgan fingerprint density at radius 2 is 1.41 bits per heavy atom. The van der Waals surface area contributed by atoms with Gasteiger partial charge in [0.15, 0.2) is 0 Å². The van der Waals surface area contributed by atoms with E-state index in [1.807, 2.05) is 0 Å². The topological polar surface area (TPSA) is 86.7 Å². The van der Waals surface area contributed by atoms with E-state index in [1.165, 1.54) is 44.9 Å². The Bertz CT molecular complexity index is 259. The van der Waals surface area contributed by atoms with E-state index in [2.05, 4.69) is 19.1 Å². The zero-order chi connectivity index (χ0) is 16.6. The molecule has 0 aromatic rings. The van der Waals surface area contributed by atoms with Crippen LogP contribution >= 0.6 is 0 Å². The molecule has 0 aliphatic heterocycles. The molecule has 0 amide bonds. The van der Waals surface area contributed by atoms with E-state index in [1.54, 1.807) is 0 Å². The van der Waals surface area contributed by atoms with Gasteiger partial charge in [0.05, 0.1) is 24.9 Å². The number of hydrogen-bond acceptors (Lipinski definition) is 4. The molecule has 4 nitrogen and oxygen atoms in total. The monoisotopic (exact) mass is 315 g/mol. The zero-order valence-electron chi connectivity index (χ0n) is 14.3. The van der Waals surface area contributed by atoms with E-state index in [9.17, 15) is 10.2 Å². The van der Waals surface area contributed by atoms with Crippen molar-refractivity contribution in [2.75, 3.05) is 6.61 Å². The first-order chi connectivity index (χ1) is 10.6. The number of aliphatic hydroxyl groups is 3. The molecule has 0 unspecified atom stereocenters. The van der Waals surface area contributed by atoms with Gasteiger partial charge in [0.2, 0.25) is 0 Å². The van der Waals surface area contributed by atoms with Crippen LogP contribution < -0.4 is 5.73 Å². The van der Waals surface area contributed by atoms with Gasteiger partial charge < -0.3 is 21.1 Å². The first-order valence-corrected chi connectivity index (χ1v) is 9.01. The summed E-state index contributed by atoms with van der Waals surface area (Å²) in [5.74, 6) is 0. The molecule has 0 rings (SSSR count). The van der Waals surface area contributed by atoms with E-state index in [4.69, 9.17) is 10.8 Å². The van der Waals surface area contributed by atoms with E-state index in [0.717, 1.165) is 19.3 Å². The van der Waals surface area contributed by atoms with Crippen LogP contribution in [0.4, 0.5) is 0 Å². The summed E-state index contributed by atoms with van der Waals surface area (Å²) in [6.07, 6.45) is 15.2. The first-order valence-electron chi connectivity index (χ1n) is 9.01. The first kappa shape index (κ1) is 21.6. The highest BCUT2D eigenvalue weighted by molar-refractivity contribution is 4.83. The molecule has 0 aromatic carbocycles. The molecule has 0 radical (unpaired) electrons. The van der Waals surface area contributed by atoms with Crippen molar-refractivity contribution in [2.24, 2.45) is 5.73 Å². The average molecular weight is 315 g/mol. The molecule has 3 atom stereocenters. The fraction of sp³-hybridized carbons (Fsp3) is 0.889. The minimum atomic E-state index is -1.04. The van der Waals surface area contributed by atoms with Gasteiger partial charge in [-0.2, -0.15) is 0 Å². The van der Waals surface area contributed by atoms with Crippen LogP contribution in [0.5, 0.6) is 0 Å². The molecular weight excluding hydrogens is 278 g/mol. The molecule has 22 heavy (non-hydrogen) atoms. The fourth-order valence-electron chi connectivity index (χ4n) is 2.46. The molecular formula is C18H37NO3. The van der Waals surface area contributed by atoms with Gasteiger partial charge >= 0.3 is 0 Å². The van der Waals surface area contributed by atoms with Gasteiger partial charge in [-0.25, -0.2) is 0 Å². The van der Waals surface area contributed by atoms with Crippen LogP contribution in [-0.4, -0.2) is 40.2 Å². The van der Waals surface area contributed by atoms with Crippen molar-refractivity contribution >= 4 is 0 Å². The quantitative estimate of drug-likeness (QED) is 0.276. The molecule has 4 heteroatoms. The predicted molar refractivity (Wildman–Crippen MR) is 92.7 cm³/mol. The Balaban J connectivity index is 3.40. The third kappa shape index (κ3) is 12.2. The van der Waals surface area contributed by atoms with Crippen molar-refractivity contribution in [1.29, 1.82) is 0 Å². The molecule has 0 heterocycles. The molecule has 0 saturated heterocycles. The molecule has 0 aliphatic rings. The lowest BCUT2D eigenvalue weighted by Gasteiger charge is -2.21. The highest BCUT2D eigenvalue weighted by Gasteiger charge is 2.21. The lowest BCUT2D eigenvalue weighted by atomic mass is 10.0. The maximum absolute atomic E-state index is 9.72. The van der Waals surface area contributed by atoms with Crippen molar-refractivity contribution < 1.29 is 15.3 Å². The largest absolute Gasteiger partial charge is 0.395 e. The summed E-state index contributed by atoms with van der Waals surface area (Å²) < 4.78 is 0. The number of allylic oxidation sites excluding steroid dienone is 2. The lowest BCUT2D eigenvalue weighted by molar-refractivity contribution is -0.0117. The van der Waals surface area contributed by atoms with Gasteiger partial charge in [-0.3, -0.25) is 0 Å². The Morgan fingerprint density at radius 1 is 0.864 bits per heavy atom. The second-order valence-electron chi connectivity index (χ2n) is 6.22. The maximum Gasteiger partial charge on any atom is 0.0971 e. The standard InChI is InChI=1S/C18H37NO3/c1-2-3-4-5-6-7-8-9-10-11-12-13-14-17(21)18(22)16(19)15-20/h10-11,16-18,20-22H,2-9,12-15,19H2,1H3/b11-10+/t16-,17+,18-/m0/s1. The van der Waals surface area contributed by atoms with E-state index >= 15 is 0 Å². The second-order valence-corrected chi connectivity index (χ2v) is 6.22. The third-order valence-electron chi connectivity index (χ3n) is 4.06. The number of nitrogens with two attached hydrogens (primary N) is 1. The summed E-state index contributed by atoms with van der Waals surface area (Å²) in [5, 5.41) is 28.1. The van der Waals surface area contributed by atoms with Crippen molar-refractivity contribution in [3.05, 3.63) is 12.2 Å². The van der Waals surface area contributed by atoms with Gasteiger partial charge in [0, 0.05) is 0 Å². The number of unbranched alkanes of at least 4 members (excludes halogenated alkanes) is 8. The second kappa shape index (κ2) is 15.5. The molecule has 0 bridgehead atoms. The Morgan fingerprint density at radius 3 is 2.00 bits per heavy atom. The van der Waals surface area contributed by atoms with Crippen LogP contribution in [-0.2, 0) is 0 Å². The zero-order valence-corrected chi connectivity index (χ0v) is 14.3. The Hall–Kier alpha value is -0.420. The van der Waals surface area contributed by atoms with Gasteiger partial charge in [-0.15, -0.1) is 0 Å². The van der Waals surface area contributed by atoms with Crippen LogP contribution in [0.25, 0.3) is 0 Å². The molecule has 0 aromatic heterocycles. The Labute approximate surface area is 136 Å². The number of aliphatic hydroxyl groups excluding tert-OH is 3. The van der Waals surface area contributed by atoms with Gasteiger partial charge in [0.25, 0.3) is 0 Å². The smallest absolute Gasteiger partial charge is 0.0971 e. The molecule has 132 valence electrons. The van der Waals surface area contributed by atoms with Crippen LogP contribution in [0.2, 0.25) is 0 Å². The third-order valence-corrected chi connectivity index (χ3v) is 4.06. The van der Waals surface area contributed by atoms with Gasteiger partial charge in [0.1, 0.15) is 0 Å². The highest BCUT2D eigenvalue weighted by atomic mass is 16.3. The average Bonchev–Trinajstić information content (AvgIpc) is 2.54. The summed E-state index contributed by atoms with van der Waals surface area (Å²) >= 11 is 0. The molecule has 5 N–H and O–H groups in total. The van der Waals surface area contributed by atoms with Crippen molar-refractivity contribution in [3.8, 4) is 0 Å². The van der Waals surface area contributed by atoms with E-state index in [0.29, 0.717) is 6.42 Å². The molecule has 0 aliphatic carbocycles. The number of rotatable bonds is 15. The summed E-state index contributed by atoms with van der Waals surface area (Å²) in [5.41, 5.74) is 5.48. The SMILES string of the molecule is CCCCCCCCC/C=C/CCC[C@@H](O)[C@@H](O)[C@@H](N)CO. The van der Waals surface area contributed by atoms with Gasteiger partial charge in [-0.1, -0.05) is 57.6 Å². The van der Waals surface area contributed by atoms with Crippen LogP contribution in [0.15, 0.2) is 12.2 Å². The van der Waals surface area contributed by atoms with E-state index < -0.39 is 18.2 Å². The minimum absolute atomic E-state index is 0.309. The highest BCUT2D eigenvalue weighted by Crippen LogP contribution is 2.10. The normalized spacial score (nSPS) is 16.0. The van der Waals surface area contributed by atoms with Crippen LogP contribution in [0, 0.1) is 0 Å². The maximum atomic E-state index is 9.72. The summed E-state index contributed by atoms with van der Waals surface area (Å²) in [4.78, 5) is 0. The van der Waals surface area contributed by atoms with E-state index in [-0.39, 0.29) is 6.61 Å². The predicted octanol–water partition coefficient (Wildman–Crippen LogP) is 2.90. The molecule has 0 saturated carbocycles. The van der Waals surface area contributed by atoms with Crippen molar-refractivity contribution in [2.45, 2.75) is 95.8 Å².